The Hall–Kier alpha value is -3.08. The van der Waals surface area contributed by atoms with Crippen LogP contribution in [0.3, 0.4) is 0 Å². The quantitative estimate of drug-likeness (QED) is 0.476. The summed E-state index contributed by atoms with van der Waals surface area (Å²) in [5.41, 5.74) is 2.74. The van der Waals surface area contributed by atoms with Crippen molar-refractivity contribution in [2.75, 3.05) is 0 Å². The van der Waals surface area contributed by atoms with Gasteiger partial charge in [-0.05, 0) is 36.3 Å². The second kappa shape index (κ2) is 7.04. The van der Waals surface area contributed by atoms with Crippen molar-refractivity contribution in [3.63, 3.8) is 0 Å². The molecule has 1 fully saturated rings. The lowest BCUT2D eigenvalue weighted by molar-refractivity contribution is -0.222. The zero-order valence-corrected chi connectivity index (χ0v) is 14.9. The third-order valence-corrected chi connectivity index (χ3v) is 3.77. The lowest BCUT2D eigenvalue weighted by atomic mass is 10.1. The molecule has 3 rings (SSSR count). The Bertz CT molecular complexity index is 857. The van der Waals surface area contributed by atoms with Gasteiger partial charge in [-0.2, -0.15) is 0 Å². The normalized spacial score (nSPS) is 15.9. The van der Waals surface area contributed by atoms with Crippen LogP contribution in [0.5, 0.6) is 5.75 Å². The van der Waals surface area contributed by atoms with Gasteiger partial charge < -0.3 is 14.2 Å². The average molecular weight is 352 g/mol. The molecule has 0 aromatic heterocycles. The molecule has 5 nitrogen and oxygen atoms in total. The summed E-state index contributed by atoms with van der Waals surface area (Å²) in [5.74, 6) is -2.00. The molecule has 26 heavy (non-hydrogen) atoms. The number of benzene rings is 2. The lowest BCUT2D eigenvalue weighted by Crippen LogP contribution is -2.41. The number of carbonyl (C=O) groups excluding carboxylic acids is 2. The maximum Gasteiger partial charge on any atom is 0.348 e. The minimum Gasteiger partial charge on any atom is -0.489 e. The number of rotatable bonds is 4. The minimum atomic E-state index is -1.25. The van der Waals surface area contributed by atoms with E-state index in [1.54, 1.807) is 18.2 Å². The Morgan fingerprint density at radius 2 is 1.69 bits per heavy atom. The summed E-state index contributed by atoms with van der Waals surface area (Å²) < 4.78 is 16.0. The molecule has 0 bridgehead atoms. The van der Waals surface area contributed by atoms with Crippen molar-refractivity contribution in [1.82, 2.24) is 0 Å². The Morgan fingerprint density at radius 3 is 2.38 bits per heavy atom. The molecule has 134 valence electrons. The van der Waals surface area contributed by atoms with Crippen LogP contribution >= 0.6 is 0 Å². The van der Waals surface area contributed by atoms with E-state index >= 15 is 0 Å². The van der Waals surface area contributed by atoms with Gasteiger partial charge in [-0.15, -0.1) is 0 Å². The maximum absolute atomic E-state index is 12.0. The summed E-state index contributed by atoms with van der Waals surface area (Å²) in [6.45, 7) is 5.48. The van der Waals surface area contributed by atoms with E-state index in [9.17, 15) is 9.59 Å². The van der Waals surface area contributed by atoms with Gasteiger partial charge >= 0.3 is 11.9 Å². The molecule has 1 aliphatic rings. The molecule has 2 aromatic carbocycles. The molecule has 1 saturated heterocycles. The topological polar surface area (TPSA) is 61.8 Å². The van der Waals surface area contributed by atoms with Crippen LogP contribution in [0.2, 0.25) is 0 Å². The average Bonchev–Trinajstić information content (AvgIpc) is 2.56. The number of ether oxygens (including phenoxy) is 3. The van der Waals surface area contributed by atoms with E-state index in [-0.39, 0.29) is 5.57 Å². The number of carbonyl (C=O) groups is 2. The highest BCUT2D eigenvalue weighted by Crippen LogP contribution is 2.25. The zero-order valence-electron chi connectivity index (χ0n) is 14.9. The summed E-state index contributed by atoms with van der Waals surface area (Å²) in [6.07, 6.45) is 1.44. The van der Waals surface area contributed by atoms with Gasteiger partial charge in [0.25, 0.3) is 5.79 Å². The molecule has 0 spiro atoms. The standard InChI is InChI=1S/C21H20O5/c1-14-6-4-8-16(10-14)13-24-17-9-5-7-15(11-17)12-18-19(22)25-21(2,3)26-20(18)23/h4-12H,13H2,1-3H3. The second-order valence-electron chi connectivity index (χ2n) is 6.59. The molecular formula is C21H20O5. The second-order valence-corrected chi connectivity index (χ2v) is 6.59. The van der Waals surface area contributed by atoms with Crippen LogP contribution in [-0.2, 0) is 25.7 Å². The summed E-state index contributed by atoms with van der Waals surface area (Å²) in [6, 6.07) is 15.2. The van der Waals surface area contributed by atoms with E-state index in [0.29, 0.717) is 17.9 Å². The third-order valence-electron chi connectivity index (χ3n) is 3.77. The van der Waals surface area contributed by atoms with E-state index in [4.69, 9.17) is 14.2 Å². The molecule has 1 aliphatic heterocycles. The number of esters is 2. The monoisotopic (exact) mass is 352 g/mol. The van der Waals surface area contributed by atoms with E-state index in [1.807, 2.05) is 31.2 Å². The molecule has 2 aromatic rings. The Labute approximate surface area is 152 Å². The highest BCUT2D eigenvalue weighted by molar-refractivity contribution is 6.18. The van der Waals surface area contributed by atoms with E-state index in [0.717, 1.165) is 5.56 Å². The number of hydrogen-bond donors (Lipinski definition) is 0. The van der Waals surface area contributed by atoms with Gasteiger partial charge in [0.05, 0.1) is 0 Å². The van der Waals surface area contributed by atoms with Crippen molar-refractivity contribution in [2.24, 2.45) is 0 Å². The van der Waals surface area contributed by atoms with Crippen LogP contribution in [0.1, 0.15) is 30.5 Å². The molecule has 0 saturated carbocycles. The summed E-state index contributed by atoms with van der Waals surface area (Å²) in [4.78, 5) is 24.1. The van der Waals surface area contributed by atoms with E-state index in [2.05, 4.69) is 6.07 Å². The van der Waals surface area contributed by atoms with Gasteiger partial charge in [0, 0.05) is 13.8 Å². The van der Waals surface area contributed by atoms with Crippen molar-refractivity contribution in [1.29, 1.82) is 0 Å². The van der Waals surface area contributed by atoms with E-state index < -0.39 is 17.7 Å². The molecular weight excluding hydrogens is 332 g/mol. The highest BCUT2D eigenvalue weighted by Gasteiger charge is 2.38. The van der Waals surface area contributed by atoms with Crippen molar-refractivity contribution >= 4 is 18.0 Å². The highest BCUT2D eigenvalue weighted by atomic mass is 16.7. The number of cyclic esters (lactones) is 2. The summed E-state index contributed by atoms with van der Waals surface area (Å²) in [5, 5.41) is 0. The minimum absolute atomic E-state index is 0.139. The first-order valence-corrected chi connectivity index (χ1v) is 8.29. The molecule has 0 radical (unpaired) electrons. The molecule has 0 amide bonds. The van der Waals surface area contributed by atoms with E-state index in [1.165, 1.54) is 25.5 Å². The molecule has 0 unspecified atom stereocenters. The Balaban J connectivity index is 1.75. The summed E-state index contributed by atoms with van der Waals surface area (Å²) >= 11 is 0. The van der Waals surface area contributed by atoms with Crippen LogP contribution in [0.4, 0.5) is 0 Å². The predicted molar refractivity (Wildman–Crippen MR) is 96.2 cm³/mol. The maximum atomic E-state index is 12.0. The van der Waals surface area contributed by atoms with Gasteiger partial charge in [-0.1, -0.05) is 42.0 Å². The molecule has 0 atom stereocenters. The Morgan fingerprint density at radius 1 is 1.00 bits per heavy atom. The first-order chi connectivity index (χ1) is 12.3. The summed E-state index contributed by atoms with van der Waals surface area (Å²) in [7, 11) is 0. The third kappa shape index (κ3) is 4.30. The van der Waals surface area contributed by atoms with Crippen molar-refractivity contribution in [3.05, 3.63) is 70.8 Å². The van der Waals surface area contributed by atoms with Crippen molar-refractivity contribution in [3.8, 4) is 5.75 Å². The number of aryl methyl sites for hydroxylation is 1. The number of hydrogen-bond acceptors (Lipinski definition) is 5. The largest absolute Gasteiger partial charge is 0.489 e. The smallest absolute Gasteiger partial charge is 0.348 e. The van der Waals surface area contributed by atoms with Gasteiger partial charge in [0.15, 0.2) is 0 Å². The zero-order chi connectivity index (χ0) is 18.7. The predicted octanol–water partition coefficient (Wildman–Crippen LogP) is 3.79. The van der Waals surface area contributed by atoms with Crippen LogP contribution in [-0.4, -0.2) is 17.7 Å². The first kappa shape index (κ1) is 17.7. The van der Waals surface area contributed by atoms with Gasteiger partial charge in [-0.3, -0.25) is 0 Å². The molecule has 1 heterocycles. The van der Waals surface area contributed by atoms with Crippen LogP contribution < -0.4 is 4.74 Å². The molecule has 5 heteroatoms. The fourth-order valence-electron chi connectivity index (χ4n) is 2.61. The van der Waals surface area contributed by atoms with Crippen LogP contribution in [0.15, 0.2) is 54.1 Å². The first-order valence-electron chi connectivity index (χ1n) is 8.29. The van der Waals surface area contributed by atoms with Gasteiger partial charge in [0.2, 0.25) is 0 Å². The van der Waals surface area contributed by atoms with Crippen molar-refractivity contribution in [2.45, 2.75) is 33.2 Å². The molecule has 0 N–H and O–H groups in total. The van der Waals surface area contributed by atoms with Crippen molar-refractivity contribution < 1.29 is 23.8 Å². The fraction of sp³-hybridized carbons (Fsp3) is 0.238. The molecule has 0 aliphatic carbocycles. The Kier molecular flexibility index (Phi) is 4.80. The van der Waals surface area contributed by atoms with Crippen LogP contribution in [0.25, 0.3) is 6.08 Å². The fourth-order valence-corrected chi connectivity index (χ4v) is 2.61. The van der Waals surface area contributed by atoms with Crippen LogP contribution in [0, 0.1) is 6.92 Å². The van der Waals surface area contributed by atoms with Gasteiger partial charge in [-0.25, -0.2) is 9.59 Å². The van der Waals surface area contributed by atoms with Gasteiger partial charge in [0.1, 0.15) is 17.9 Å². The lowest BCUT2D eigenvalue weighted by Gasteiger charge is -2.29. The SMILES string of the molecule is Cc1cccc(COc2cccc(C=C3C(=O)OC(C)(C)OC3=O)c2)c1.